The van der Waals surface area contributed by atoms with Crippen molar-refractivity contribution in [3.63, 3.8) is 0 Å². The van der Waals surface area contributed by atoms with Gasteiger partial charge < -0.3 is 5.73 Å². The fourth-order valence-corrected chi connectivity index (χ4v) is 2.07. The molecule has 16 heavy (non-hydrogen) atoms. The van der Waals surface area contributed by atoms with E-state index in [1.807, 2.05) is 13.8 Å². The first-order valence-corrected chi connectivity index (χ1v) is 6.10. The van der Waals surface area contributed by atoms with E-state index in [0.29, 0.717) is 5.92 Å². The van der Waals surface area contributed by atoms with Crippen molar-refractivity contribution in [2.75, 3.05) is 5.73 Å². The van der Waals surface area contributed by atoms with Gasteiger partial charge in [0.25, 0.3) is 10.1 Å². The van der Waals surface area contributed by atoms with E-state index < -0.39 is 10.1 Å². The molecule has 0 aliphatic carbocycles. The SMILES string of the molecule is CC(C)Cc1ccc(N)c(S(=O)(=O)O)c1.[KH]. The van der Waals surface area contributed by atoms with Crippen LogP contribution in [0.4, 0.5) is 5.69 Å². The molecular weight excluding hydrogens is 253 g/mol. The Hall–Kier alpha value is 0.566. The second kappa shape index (κ2) is 6.49. The van der Waals surface area contributed by atoms with Gasteiger partial charge in [0.05, 0.1) is 5.69 Å². The number of hydrogen-bond donors (Lipinski definition) is 2. The fraction of sp³-hybridized carbons (Fsp3) is 0.400. The molecule has 3 N–H and O–H groups in total. The Morgan fingerprint density at radius 3 is 2.38 bits per heavy atom. The van der Waals surface area contributed by atoms with Gasteiger partial charge in [-0.25, -0.2) is 0 Å². The third-order valence-corrected chi connectivity index (χ3v) is 2.91. The summed E-state index contributed by atoms with van der Waals surface area (Å²) in [5.74, 6) is 0.419. The molecule has 0 amide bonds. The molecule has 0 radical (unpaired) electrons. The molecular formula is C10H16KNO3S. The topological polar surface area (TPSA) is 80.4 Å². The van der Waals surface area contributed by atoms with Crippen LogP contribution in [0.2, 0.25) is 0 Å². The fourth-order valence-electron chi connectivity index (χ4n) is 1.40. The number of rotatable bonds is 3. The summed E-state index contributed by atoms with van der Waals surface area (Å²) in [6.07, 6.45) is 0.753. The van der Waals surface area contributed by atoms with E-state index in [0.717, 1.165) is 12.0 Å². The van der Waals surface area contributed by atoms with Crippen LogP contribution < -0.4 is 5.73 Å². The van der Waals surface area contributed by atoms with E-state index in [4.69, 9.17) is 10.3 Å². The molecule has 1 rings (SSSR count). The van der Waals surface area contributed by atoms with Crippen LogP contribution in [-0.4, -0.2) is 64.4 Å². The zero-order chi connectivity index (χ0) is 11.6. The summed E-state index contributed by atoms with van der Waals surface area (Å²) < 4.78 is 30.9. The van der Waals surface area contributed by atoms with E-state index in [1.165, 1.54) is 12.1 Å². The predicted molar refractivity (Wildman–Crippen MR) is 66.4 cm³/mol. The molecule has 1 aromatic rings. The van der Waals surface area contributed by atoms with Gasteiger partial charge in [-0.1, -0.05) is 19.9 Å². The van der Waals surface area contributed by atoms with Gasteiger partial charge in [0.15, 0.2) is 0 Å². The van der Waals surface area contributed by atoms with Crippen LogP contribution in [0.3, 0.4) is 0 Å². The summed E-state index contributed by atoms with van der Waals surface area (Å²) in [6.45, 7) is 4.06. The van der Waals surface area contributed by atoms with Crippen LogP contribution in [0.25, 0.3) is 0 Å². The molecule has 0 heterocycles. The molecule has 0 aliphatic heterocycles. The van der Waals surface area contributed by atoms with Crippen LogP contribution in [0.15, 0.2) is 23.1 Å². The van der Waals surface area contributed by atoms with Crippen LogP contribution in [0.5, 0.6) is 0 Å². The molecule has 0 unspecified atom stereocenters. The first-order chi connectivity index (χ1) is 6.80. The van der Waals surface area contributed by atoms with Crippen molar-refractivity contribution in [2.24, 2.45) is 5.92 Å². The number of nitrogen functional groups attached to an aromatic ring is 1. The minimum absolute atomic E-state index is 0. The Kier molecular flexibility index (Phi) is 6.72. The first-order valence-electron chi connectivity index (χ1n) is 4.66. The van der Waals surface area contributed by atoms with Gasteiger partial charge in [0.1, 0.15) is 4.90 Å². The molecule has 1 aromatic carbocycles. The quantitative estimate of drug-likeness (QED) is 0.488. The summed E-state index contributed by atoms with van der Waals surface area (Å²) in [5, 5.41) is 0. The van der Waals surface area contributed by atoms with E-state index in [9.17, 15) is 8.42 Å². The van der Waals surface area contributed by atoms with Crippen molar-refractivity contribution in [1.29, 1.82) is 0 Å². The summed E-state index contributed by atoms with van der Waals surface area (Å²) in [7, 11) is -4.22. The molecule has 4 nitrogen and oxygen atoms in total. The van der Waals surface area contributed by atoms with Crippen molar-refractivity contribution in [3.05, 3.63) is 23.8 Å². The summed E-state index contributed by atoms with van der Waals surface area (Å²) in [5.41, 5.74) is 6.39. The average molecular weight is 269 g/mol. The van der Waals surface area contributed by atoms with Gasteiger partial charge in [0, 0.05) is 0 Å². The molecule has 0 aromatic heterocycles. The molecule has 0 bridgehead atoms. The van der Waals surface area contributed by atoms with Gasteiger partial charge in [-0.15, -0.1) is 0 Å². The Bertz CT molecular complexity index is 457. The number of benzene rings is 1. The number of anilines is 1. The maximum absolute atomic E-state index is 11.0. The van der Waals surface area contributed by atoms with Crippen molar-refractivity contribution in [3.8, 4) is 0 Å². The molecule has 0 atom stereocenters. The molecule has 0 fully saturated rings. The molecule has 0 aliphatic rings. The monoisotopic (exact) mass is 269 g/mol. The zero-order valence-electron chi connectivity index (χ0n) is 8.77. The van der Waals surface area contributed by atoms with E-state index in [1.54, 1.807) is 6.07 Å². The van der Waals surface area contributed by atoms with Gasteiger partial charge >= 0.3 is 51.4 Å². The Balaban J connectivity index is 0.00000225. The van der Waals surface area contributed by atoms with E-state index >= 15 is 0 Å². The molecule has 6 heteroatoms. The van der Waals surface area contributed by atoms with Crippen molar-refractivity contribution in [1.82, 2.24) is 0 Å². The average Bonchev–Trinajstić information content (AvgIpc) is 2.05. The van der Waals surface area contributed by atoms with Crippen molar-refractivity contribution in [2.45, 2.75) is 25.2 Å². The van der Waals surface area contributed by atoms with E-state index in [2.05, 4.69) is 0 Å². The third-order valence-electron chi connectivity index (χ3n) is 2.00. The van der Waals surface area contributed by atoms with Gasteiger partial charge in [-0.2, -0.15) is 8.42 Å². The second-order valence-electron chi connectivity index (χ2n) is 3.95. The number of nitrogens with two attached hydrogens (primary N) is 1. The Labute approximate surface area is 139 Å². The minimum atomic E-state index is -4.22. The second-order valence-corrected chi connectivity index (χ2v) is 5.34. The van der Waals surface area contributed by atoms with Crippen LogP contribution in [-0.2, 0) is 16.5 Å². The summed E-state index contributed by atoms with van der Waals surface area (Å²) >= 11 is 0. The Morgan fingerprint density at radius 2 is 1.94 bits per heavy atom. The van der Waals surface area contributed by atoms with Gasteiger partial charge in [0.2, 0.25) is 0 Å². The van der Waals surface area contributed by atoms with Crippen LogP contribution >= 0.6 is 0 Å². The van der Waals surface area contributed by atoms with Crippen LogP contribution in [0, 0.1) is 5.92 Å². The molecule has 86 valence electrons. The Morgan fingerprint density at radius 1 is 1.38 bits per heavy atom. The van der Waals surface area contributed by atoms with Gasteiger partial charge in [-0.3, -0.25) is 4.55 Å². The standard InChI is InChI=1S/C10H15NO3S.K.H/c1-7(2)5-8-3-4-9(11)10(6-8)15(12,13)14;;/h3-4,6-7H,5,11H2,1-2H3,(H,12,13,14);;. The zero-order valence-corrected chi connectivity index (χ0v) is 9.58. The molecule has 0 saturated heterocycles. The molecule has 0 saturated carbocycles. The van der Waals surface area contributed by atoms with Crippen LogP contribution in [0.1, 0.15) is 19.4 Å². The first kappa shape index (κ1) is 16.6. The summed E-state index contributed by atoms with van der Waals surface area (Å²) in [6, 6.07) is 4.69. The third kappa shape index (κ3) is 4.83. The predicted octanol–water partition coefficient (Wildman–Crippen LogP) is 1.07. The molecule has 0 spiro atoms. The maximum atomic E-state index is 11.0. The van der Waals surface area contributed by atoms with Gasteiger partial charge in [-0.05, 0) is 30.0 Å². The van der Waals surface area contributed by atoms with Crippen molar-refractivity contribution >= 4 is 67.2 Å². The van der Waals surface area contributed by atoms with E-state index in [-0.39, 0.29) is 62.0 Å². The summed E-state index contributed by atoms with van der Waals surface area (Å²) in [4.78, 5) is -0.208. The number of hydrogen-bond acceptors (Lipinski definition) is 3. The van der Waals surface area contributed by atoms with Crippen molar-refractivity contribution < 1.29 is 13.0 Å². The normalized spacial score (nSPS) is 11.2.